The van der Waals surface area contributed by atoms with Crippen molar-refractivity contribution < 1.29 is 13.9 Å². The number of halogens is 2. The number of hydrogen-bond donors (Lipinski definition) is 0. The summed E-state index contributed by atoms with van der Waals surface area (Å²) < 4.78 is 19.0. The molecule has 1 aromatic carbocycles. The average molecular weight is 329 g/mol. The van der Waals surface area contributed by atoms with Gasteiger partial charge in [0.2, 0.25) is 0 Å². The number of carbonyl (C=O) groups is 1. The average Bonchev–Trinajstić information content (AvgIpc) is 2.31. The van der Waals surface area contributed by atoms with Crippen LogP contribution in [0.3, 0.4) is 0 Å². The van der Waals surface area contributed by atoms with Gasteiger partial charge in [0, 0.05) is 19.4 Å². The van der Waals surface area contributed by atoms with E-state index in [4.69, 9.17) is 4.74 Å². The summed E-state index contributed by atoms with van der Waals surface area (Å²) in [6.07, 6.45) is 3.33. The maximum absolute atomic E-state index is 13.1. The highest BCUT2D eigenvalue weighted by Crippen LogP contribution is 2.33. The predicted octanol–water partition coefficient (Wildman–Crippen LogP) is 3.91. The van der Waals surface area contributed by atoms with Crippen molar-refractivity contribution in [1.29, 1.82) is 0 Å². The van der Waals surface area contributed by atoms with E-state index in [2.05, 4.69) is 15.9 Å². The summed E-state index contributed by atoms with van der Waals surface area (Å²) in [7, 11) is 0. The molecule has 2 nitrogen and oxygen atoms in total. The third-order valence-corrected chi connectivity index (χ3v) is 4.10. The molecule has 19 heavy (non-hydrogen) atoms. The first-order valence-electron chi connectivity index (χ1n) is 6.65. The fourth-order valence-corrected chi connectivity index (χ4v) is 2.91. The van der Waals surface area contributed by atoms with Gasteiger partial charge in [-0.15, -0.1) is 0 Å². The number of Topliss-reactive ketones (excluding diaryl/α,β-unsaturated/α-hetero) is 1. The van der Waals surface area contributed by atoms with Crippen LogP contribution < -0.4 is 0 Å². The summed E-state index contributed by atoms with van der Waals surface area (Å²) in [6, 6.07) is 4.74. The second-order valence-corrected chi connectivity index (χ2v) is 5.94. The minimum Gasteiger partial charge on any atom is -0.378 e. The SMILES string of the molecule is CCOC1CC(CC(=O)Cc2ccc(F)c(Br)c2)C1. The molecule has 104 valence electrons. The molecular formula is C15H18BrFO2. The molecular weight excluding hydrogens is 311 g/mol. The first kappa shape index (κ1) is 14.7. The van der Waals surface area contributed by atoms with Crippen LogP contribution >= 0.6 is 15.9 Å². The largest absolute Gasteiger partial charge is 0.378 e. The minimum atomic E-state index is -0.297. The van der Waals surface area contributed by atoms with E-state index in [0.717, 1.165) is 25.0 Å². The van der Waals surface area contributed by atoms with Crippen LogP contribution in [-0.2, 0) is 16.0 Å². The Hall–Kier alpha value is -0.740. The highest BCUT2D eigenvalue weighted by atomic mass is 79.9. The smallest absolute Gasteiger partial charge is 0.137 e. The summed E-state index contributed by atoms with van der Waals surface area (Å²) in [6.45, 7) is 2.74. The maximum Gasteiger partial charge on any atom is 0.137 e. The molecule has 0 N–H and O–H groups in total. The Labute approximate surface area is 121 Å². The van der Waals surface area contributed by atoms with Crippen molar-refractivity contribution in [1.82, 2.24) is 0 Å². The van der Waals surface area contributed by atoms with Crippen molar-refractivity contribution in [3.05, 3.63) is 34.1 Å². The standard InChI is InChI=1S/C15H18BrFO2/c1-2-19-13-7-11(8-13)6-12(18)5-10-3-4-15(17)14(16)9-10/h3-4,9,11,13H,2,5-8H2,1H3. The molecule has 0 atom stereocenters. The molecule has 1 aliphatic rings. The van der Waals surface area contributed by atoms with Gasteiger partial charge in [-0.25, -0.2) is 4.39 Å². The minimum absolute atomic E-state index is 0.221. The maximum atomic E-state index is 13.1. The van der Waals surface area contributed by atoms with Crippen LogP contribution in [0.5, 0.6) is 0 Å². The van der Waals surface area contributed by atoms with Gasteiger partial charge < -0.3 is 4.74 Å². The molecule has 0 aromatic heterocycles. The third kappa shape index (κ3) is 4.11. The number of carbonyl (C=O) groups excluding carboxylic acids is 1. The Kier molecular flexibility index (Phi) is 5.11. The second kappa shape index (κ2) is 6.62. The van der Waals surface area contributed by atoms with Gasteiger partial charge >= 0.3 is 0 Å². The van der Waals surface area contributed by atoms with Crippen LogP contribution in [0.15, 0.2) is 22.7 Å². The van der Waals surface area contributed by atoms with E-state index in [9.17, 15) is 9.18 Å². The molecule has 1 fully saturated rings. The van der Waals surface area contributed by atoms with E-state index in [1.807, 2.05) is 6.92 Å². The Morgan fingerprint density at radius 3 is 2.84 bits per heavy atom. The zero-order valence-electron chi connectivity index (χ0n) is 11.0. The van der Waals surface area contributed by atoms with Crippen molar-refractivity contribution in [3.8, 4) is 0 Å². The van der Waals surface area contributed by atoms with Gasteiger partial charge in [0.05, 0.1) is 10.6 Å². The normalized spacial score (nSPS) is 22.1. The summed E-state index contributed by atoms with van der Waals surface area (Å²) in [5, 5.41) is 0. The summed E-state index contributed by atoms with van der Waals surface area (Å²) in [5.74, 6) is 0.390. The third-order valence-electron chi connectivity index (χ3n) is 3.50. The molecule has 0 amide bonds. The summed E-state index contributed by atoms with van der Waals surface area (Å²) >= 11 is 3.13. The van der Waals surface area contributed by atoms with Crippen LogP contribution in [0.1, 0.15) is 31.7 Å². The highest BCUT2D eigenvalue weighted by Gasteiger charge is 2.30. The Bertz CT molecular complexity index is 455. The molecule has 0 unspecified atom stereocenters. The van der Waals surface area contributed by atoms with Gasteiger partial charge in [-0.05, 0) is 59.3 Å². The van der Waals surface area contributed by atoms with Crippen molar-refractivity contribution >= 4 is 21.7 Å². The summed E-state index contributed by atoms with van der Waals surface area (Å²) in [5.41, 5.74) is 0.860. The van der Waals surface area contributed by atoms with Gasteiger partial charge in [-0.2, -0.15) is 0 Å². The van der Waals surface area contributed by atoms with Gasteiger partial charge in [-0.3, -0.25) is 4.79 Å². The molecule has 4 heteroatoms. The number of ketones is 1. The van der Waals surface area contributed by atoms with Crippen LogP contribution in [0, 0.1) is 11.7 Å². The van der Waals surface area contributed by atoms with E-state index in [-0.39, 0.29) is 11.6 Å². The van der Waals surface area contributed by atoms with Crippen molar-refractivity contribution in [3.63, 3.8) is 0 Å². The molecule has 1 aromatic rings. The first-order valence-corrected chi connectivity index (χ1v) is 7.45. The molecule has 0 aliphatic heterocycles. The lowest BCUT2D eigenvalue weighted by Gasteiger charge is -2.34. The van der Waals surface area contributed by atoms with E-state index >= 15 is 0 Å². The quantitative estimate of drug-likeness (QED) is 0.791. The van der Waals surface area contributed by atoms with Crippen LogP contribution in [0.4, 0.5) is 4.39 Å². The van der Waals surface area contributed by atoms with E-state index in [0.29, 0.717) is 29.3 Å². The van der Waals surface area contributed by atoms with E-state index < -0.39 is 0 Å². The summed E-state index contributed by atoms with van der Waals surface area (Å²) in [4.78, 5) is 11.9. The Morgan fingerprint density at radius 1 is 1.47 bits per heavy atom. The topological polar surface area (TPSA) is 26.3 Å². The lowest BCUT2D eigenvalue weighted by molar-refractivity contribution is -0.121. The Morgan fingerprint density at radius 2 is 2.21 bits per heavy atom. The fourth-order valence-electron chi connectivity index (χ4n) is 2.48. The van der Waals surface area contributed by atoms with Gasteiger partial charge in [0.15, 0.2) is 0 Å². The van der Waals surface area contributed by atoms with Crippen molar-refractivity contribution in [2.24, 2.45) is 5.92 Å². The zero-order valence-corrected chi connectivity index (χ0v) is 12.6. The van der Waals surface area contributed by atoms with Crippen molar-refractivity contribution in [2.45, 2.75) is 38.7 Å². The highest BCUT2D eigenvalue weighted by molar-refractivity contribution is 9.10. The molecule has 0 spiro atoms. The van der Waals surface area contributed by atoms with Crippen LogP contribution in [-0.4, -0.2) is 18.5 Å². The molecule has 0 heterocycles. The lowest BCUT2D eigenvalue weighted by Crippen LogP contribution is -2.33. The first-order chi connectivity index (χ1) is 9.08. The number of benzene rings is 1. The van der Waals surface area contributed by atoms with Gasteiger partial charge in [-0.1, -0.05) is 6.07 Å². The Balaban J connectivity index is 1.77. The van der Waals surface area contributed by atoms with E-state index in [1.165, 1.54) is 6.07 Å². The van der Waals surface area contributed by atoms with Crippen LogP contribution in [0.25, 0.3) is 0 Å². The molecule has 0 bridgehead atoms. The van der Waals surface area contributed by atoms with Gasteiger partial charge in [0.25, 0.3) is 0 Å². The lowest BCUT2D eigenvalue weighted by atomic mass is 9.78. The number of ether oxygens (including phenoxy) is 1. The number of rotatable bonds is 6. The molecule has 1 aliphatic carbocycles. The monoisotopic (exact) mass is 328 g/mol. The molecule has 0 saturated heterocycles. The molecule has 2 rings (SSSR count). The van der Waals surface area contributed by atoms with Crippen molar-refractivity contribution in [2.75, 3.05) is 6.61 Å². The second-order valence-electron chi connectivity index (χ2n) is 5.08. The number of hydrogen-bond acceptors (Lipinski definition) is 2. The van der Waals surface area contributed by atoms with Gasteiger partial charge in [0.1, 0.15) is 11.6 Å². The molecule has 1 saturated carbocycles. The fraction of sp³-hybridized carbons (Fsp3) is 0.533. The zero-order chi connectivity index (χ0) is 13.8. The molecule has 0 radical (unpaired) electrons. The predicted molar refractivity (Wildman–Crippen MR) is 75.6 cm³/mol. The van der Waals surface area contributed by atoms with Crippen LogP contribution in [0.2, 0.25) is 0 Å². The van der Waals surface area contributed by atoms with E-state index in [1.54, 1.807) is 12.1 Å².